The second-order valence-electron chi connectivity index (χ2n) is 4.28. The summed E-state index contributed by atoms with van der Waals surface area (Å²) in [5.41, 5.74) is 0.906. The number of para-hydroxylation sites is 1. The van der Waals surface area contributed by atoms with E-state index in [1.807, 2.05) is 6.07 Å². The molecule has 86 valence electrons. The van der Waals surface area contributed by atoms with Crippen LogP contribution in [0.1, 0.15) is 6.42 Å². The lowest BCUT2D eigenvalue weighted by atomic mass is 10.1. The lowest BCUT2D eigenvalue weighted by Gasteiger charge is -2.36. The van der Waals surface area contributed by atoms with Crippen LogP contribution in [0.2, 0.25) is 0 Å². The smallest absolute Gasteiger partial charge is 0.178 e. The first-order valence-electron chi connectivity index (χ1n) is 5.75. The molecule has 1 saturated heterocycles. The summed E-state index contributed by atoms with van der Waals surface area (Å²) in [6, 6.07) is 5.59. The minimum atomic E-state index is -0.253. The van der Waals surface area contributed by atoms with E-state index < -0.39 is 0 Å². The highest BCUT2D eigenvalue weighted by molar-refractivity contribution is 5.60. The summed E-state index contributed by atoms with van der Waals surface area (Å²) < 4.78 is 19.2. The average Bonchev–Trinajstić information content (AvgIpc) is 2.50. The summed E-state index contributed by atoms with van der Waals surface area (Å²) in [4.78, 5) is 2.27. The van der Waals surface area contributed by atoms with Crippen LogP contribution in [0.15, 0.2) is 18.2 Å². The Kier molecular flexibility index (Phi) is 2.44. The highest BCUT2D eigenvalue weighted by Crippen LogP contribution is 2.35. The molecule has 4 heteroatoms. The molecule has 0 saturated carbocycles. The minimum Gasteiger partial charge on any atom is -0.488 e. The molecule has 2 aliphatic heterocycles. The molecule has 0 aromatic heterocycles. The topological polar surface area (TPSA) is 24.5 Å². The van der Waals surface area contributed by atoms with Crippen molar-refractivity contribution in [3.05, 3.63) is 24.0 Å². The highest BCUT2D eigenvalue weighted by Gasteiger charge is 2.28. The summed E-state index contributed by atoms with van der Waals surface area (Å²) >= 11 is 0. The van der Waals surface area contributed by atoms with Crippen LogP contribution in [0.4, 0.5) is 10.1 Å². The first kappa shape index (κ1) is 9.90. The molecular formula is C12H15FN2O. The Morgan fingerprint density at radius 1 is 1.44 bits per heavy atom. The minimum absolute atomic E-state index is 0.253. The van der Waals surface area contributed by atoms with Gasteiger partial charge in [0.15, 0.2) is 11.6 Å². The molecule has 1 fully saturated rings. The van der Waals surface area contributed by atoms with Gasteiger partial charge in [-0.3, -0.25) is 0 Å². The van der Waals surface area contributed by atoms with Gasteiger partial charge in [0, 0.05) is 32.1 Å². The molecule has 1 aromatic rings. The Labute approximate surface area is 94.2 Å². The molecule has 1 atom stereocenters. The van der Waals surface area contributed by atoms with Gasteiger partial charge in [-0.15, -0.1) is 0 Å². The number of hydrogen-bond donors (Lipinski definition) is 1. The van der Waals surface area contributed by atoms with Gasteiger partial charge in [0.1, 0.15) is 0 Å². The van der Waals surface area contributed by atoms with E-state index in [4.69, 9.17) is 4.74 Å². The second kappa shape index (κ2) is 3.94. The number of rotatable bonds is 0. The molecule has 0 radical (unpaired) electrons. The number of benzene rings is 1. The summed E-state index contributed by atoms with van der Waals surface area (Å²) in [5, 5.41) is 3.37. The molecule has 3 rings (SSSR count). The van der Waals surface area contributed by atoms with Gasteiger partial charge in [-0.1, -0.05) is 6.07 Å². The van der Waals surface area contributed by atoms with Gasteiger partial charge in [-0.05, 0) is 12.1 Å². The number of anilines is 1. The van der Waals surface area contributed by atoms with Gasteiger partial charge in [0.25, 0.3) is 0 Å². The van der Waals surface area contributed by atoms with Crippen molar-refractivity contribution in [2.45, 2.75) is 12.5 Å². The first-order valence-corrected chi connectivity index (χ1v) is 5.75. The molecule has 2 heterocycles. The summed E-state index contributed by atoms with van der Waals surface area (Å²) in [6.45, 7) is 3.42. The molecule has 16 heavy (non-hydrogen) atoms. The third-order valence-electron chi connectivity index (χ3n) is 3.30. The van der Waals surface area contributed by atoms with E-state index in [1.165, 1.54) is 6.07 Å². The largest absolute Gasteiger partial charge is 0.488 e. The second-order valence-corrected chi connectivity index (χ2v) is 4.28. The number of nitrogens with one attached hydrogen (secondary N) is 1. The van der Waals surface area contributed by atoms with Crippen LogP contribution in [-0.2, 0) is 0 Å². The third-order valence-corrected chi connectivity index (χ3v) is 3.30. The third kappa shape index (κ3) is 1.53. The molecule has 1 aromatic carbocycles. The van der Waals surface area contributed by atoms with E-state index in [-0.39, 0.29) is 5.82 Å². The van der Waals surface area contributed by atoms with Gasteiger partial charge in [0.2, 0.25) is 0 Å². The van der Waals surface area contributed by atoms with E-state index in [1.54, 1.807) is 6.07 Å². The number of ether oxygens (including phenoxy) is 1. The van der Waals surface area contributed by atoms with Crippen LogP contribution in [0.5, 0.6) is 5.75 Å². The number of halogens is 1. The summed E-state index contributed by atoms with van der Waals surface area (Å²) in [7, 11) is 0. The maximum Gasteiger partial charge on any atom is 0.178 e. The fraction of sp³-hybridized carbons (Fsp3) is 0.500. The Morgan fingerprint density at radius 2 is 2.38 bits per heavy atom. The fourth-order valence-electron chi connectivity index (χ4n) is 2.50. The van der Waals surface area contributed by atoms with Crippen LogP contribution < -0.4 is 15.0 Å². The highest BCUT2D eigenvalue weighted by atomic mass is 19.1. The van der Waals surface area contributed by atoms with E-state index >= 15 is 0 Å². The molecule has 1 N–H and O–H groups in total. The molecular weight excluding hydrogens is 207 g/mol. The fourth-order valence-corrected chi connectivity index (χ4v) is 2.50. The monoisotopic (exact) mass is 222 g/mol. The summed E-state index contributed by atoms with van der Waals surface area (Å²) in [5.74, 6) is 0.170. The van der Waals surface area contributed by atoms with Gasteiger partial charge in [-0.25, -0.2) is 4.39 Å². The lowest BCUT2D eigenvalue weighted by Crippen LogP contribution is -2.51. The molecule has 0 spiro atoms. The molecule has 0 amide bonds. The Bertz CT molecular complexity index is 397. The van der Waals surface area contributed by atoms with Gasteiger partial charge in [0.05, 0.1) is 12.3 Å². The van der Waals surface area contributed by atoms with Crippen molar-refractivity contribution in [3.8, 4) is 5.75 Å². The molecule has 0 unspecified atom stereocenters. The molecule has 0 bridgehead atoms. The van der Waals surface area contributed by atoms with Gasteiger partial charge in [-0.2, -0.15) is 0 Å². The Hall–Kier alpha value is -1.29. The standard InChI is InChI=1S/C12H15FN2O/c13-10-2-1-3-11-12(10)16-7-4-9-8-14-5-6-15(9)11/h1-3,9,14H,4-8H2/t9-/m0/s1. The van der Waals surface area contributed by atoms with Crippen molar-refractivity contribution in [1.82, 2.24) is 5.32 Å². The van der Waals surface area contributed by atoms with Crippen LogP contribution in [-0.4, -0.2) is 32.3 Å². The van der Waals surface area contributed by atoms with E-state index in [0.717, 1.165) is 31.7 Å². The van der Waals surface area contributed by atoms with Crippen molar-refractivity contribution in [2.75, 3.05) is 31.1 Å². The predicted octanol–water partition coefficient (Wildman–Crippen LogP) is 1.39. The normalized spacial score (nSPS) is 24.1. The molecule has 3 nitrogen and oxygen atoms in total. The number of piperazine rings is 1. The predicted molar refractivity (Wildman–Crippen MR) is 60.5 cm³/mol. The van der Waals surface area contributed by atoms with Crippen LogP contribution in [0.3, 0.4) is 0 Å². The van der Waals surface area contributed by atoms with Gasteiger partial charge < -0.3 is 15.0 Å². The first-order chi connectivity index (χ1) is 7.86. The van der Waals surface area contributed by atoms with Crippen molar-refractivity contribution in [2.24, 2.45) is 0 Å². The van der Waals surface area contributed by atoms with Crippen LogP contribution in [0, 0.1) is 5.82 Å². The summed E-state index contributed by atoms with van der Waals surface area (Å²) in [6.07, 6.45) is 0.946. The average molecular weight is 222 g/mol. The van der Waals surface area contributed by atoms with Crippen molar-refractivity contribution < 1.29 is 9.13 Å². The van der Waals surface area contributed by atoms with Crippen molar-refractivity contribution in [3.63, 3.8) is 0 Å². The van der Waals surface area contributed by atoms with E-state index in [2.05, 4.69) is 10.2 Å². The zero-order valence-corrected chi connectivity index (χ0v) is 9.08. The van der Waals surface area contributed by atoms with Crippen LogP contribution >= 0.6 is 0 Å². The number of nitrogens with zero attached hydrogens (tertiary/aromatic N) is 1. The van der Waals surface area contributed by atoms with E-state index in [0.29, 0.717) is 18.4 Å². The SMILES string of the molecule is Fc1cccc2c1OCC[C@H]1CNCCN21. The van der Waals surface area contributed by atoms with Crippen LogP contribution in [0.25, 0.3) is 0 Å². The number of fused-ring (bicyclic) bond motifs is 3. The lowest BCUT2D eigenvalue weighted by molar-refractivity contribution is 0.291. The van der Waals surface area contributed by atoms with Gasteiger partial charge >= 0.3 is 0 Å². The Balaban J connectivity index is 2.04. The maximum atomic E-state index is 13.6. The zero-order valence-electron chi connectivity index (χ0n) is 9.08. The van der Waals surface area contributed by atoms with Crippen molar-refractivity contribution in [1.29, 1.82) is 0 Å². The zero-order chi connectivity index (χ0) is 11.0. The molecule has 0 aliphatic carbocycles. The van der Waals surface area contributed by atoms with E-state index in [9.17, 15) is 4.39 Å². The molecule has 2 aliphatic rings. The number of hydrogen-bond acceptors (Lipinski definition) is 3. The van der Waals surface area contributed by atoms with Crippen molar-refractivity contribution >= 4 is 5.69 Å². The quantitative estimate of drug-likeness (QED) is 0.718. The Morgan fingerprint density at radius 3 is 3.31 bits per heavy atom. The maximum absolute atomic E-state index is 13.6.